The summed E-state index contributed by atoms with van der Waals surface area (Å²) in [5, 5.41) is 13.9. The van der Waals surface area contributed by atoms with Gasteiger partial charge < -0.3 is 15.2 Å². The molecule has 2 aromatic carbocycles. The number of benzene rings is 2. The van der Waals surface area contributed by atoms with Crippen LogP contribution in [0.4, 0.5) is 0 Å². The number of hydrogen-bond acceptors (Lipinski definition) is 5. The van der Waals surface area contributed by atoms with Crippen molar-refractivity contribution < 1.29 is 19.4 Å². The van der Waals surface area contributed by atoms with Gasteiger partial charge in [0.25, 0.3) is 0 Å². The molecule has 1 amide bonds. The van der Waals surface area contributed by atoms with Gasteiger partial charge >= 0.3 is 5.97 Å². The molecule has 0 saturated carbocycles. The summed E-state index contributed by atoms with van der Waals surface area (Å²) in [6.07, 6.45) is -1.04. The van der Waals surface area contributed by atoms with Crippen molar-refractivity contribution in [3.8, 4) is 0 Å². The summed E-state index contributed by atoms with van der Waals surface area (Å²) < 4.78 is 5.70. The van der Waals surface area contributed by atoms with Crippen LogP contribution >= 0.6 is 0 Å². The number of hydrogen-bond donors (Lipinski definition) is 2. The Kier molecular flexibility index (Phi) is 7.01. The zero-order valence-corrected chi connectivity index (χ0v) is 16.8. The van der Waals surface area contributed by atoms with E-state index in [1.54, 1.807) is 24.3 Å². The average molecular weight is 396 g/mol. The zero-order valence-electron chi connectivity index (χ0n) is 16.8. The average Bonchev–Trinajstić information content (AvgIpc) is 2.72. The van der Waals surface area contributed by atoms with E-state index in [1.807, 2.05) is 43.3 Å². The molecule has 6 heteroatoms. The Labute approximate surface area is 171 Å². The molecule has 1 fully saturated rings. The molecule has 1 heterocycles. The lowest BCUT2D eigenvalue weighted by atomic mass is 9.89. The van der Waals surface area contributed by atoms with Crippen molar-refractivity contribution >= 4 is 11.9 Å². The number of amides is 1. The molecule has 0 radical (unpaired) electrons. The third-order valence-corrected chi connectivity index (χ3v) is 5.32. The van der Waals surface area contributed by atoms with Crippen LogP contribution in [0.15, 0.2) is 60.7 Å². The maximum atomic E-state index is 12.6. The number of carbonyl (C=O) groups excluding carboxylic acids is 2. The first-order chi connectivity index (χ1) is 14.0. The van der Waals surface area contributed by atoms with E-state index in [-0.39, 0.29) is 11.9 Å². The van der Waals surface area contributed by atoms with Crippen molar-refractivity contribution in [2.24, 2.45) is 0 Å². The summed E-state index contributed by atoms with van der Waals surface area (Å²) in [5.74, 6) is -0.728. The van der Waals surface area contributed by atoms with Gasteiger partial charge in [-0.05, 0) is 24.1 Å². The van der Waals surface area contributed by atoms with Crippen LogP contribution in [0.3, 0.4) is 0 Å². The number of piperidine rings is 1. The van der Waals surface area contributed by atoms with Crippen molar-refractivity contribution in [1.82, 2.24) is 10.2 Å². The Morgan fingerprint density at radius 3 is 2.31 bits per heavy atom. The number of nitrogens with one attached hydrogen (secondary N) is 1. The minimum Gasteiger partial charge on any atom is -0.454 e. The monoisotopic (exact) mass is 396 g/mol. The zero-order chi connectivity index (χ0) is 20.8. The summed E-state index contributed by atoms with van der Waals surface area (Å²) in [5.41, 5.74) is 1.54. The van der Waals surface area contributed by atoms with Gasteiger partial charge in [-0.1, -0.05) is 55.5 Å². The summed E-state index contributed by atoms with van der Waals surface area (Å²) in [4.78, 5) is 26.5. The fourth-order valence-corrected chi connectivity index (χ4v) is 3.97. The molecule has 1 aliphatic heterocycles. The number of likely N-dealkylation sites (tertiary alicyclic amines) is 1. The molecular weight excluding hydrogens is 368 g/mol. The third-order valence-electron chi connectivity index (χ3n) is 5.32. The highest BCUT2D eigenvalue weighted by atomic mass is 16.6. The molecule has 29 heavy (non-hydrogen) atoms. The van der Waals surface area contributed by atoms with E-state index in [1.165, 1.54) is 6.92 Å². The van der Waals surface area contributed by atoms with Crippen molar-refractivity contribution in [3.05, 3.63) is 71.8 Å². The molecule has 4 atom stereocenters. The van der Waals surface area contributed by atoms with E-state index in [0.29, 0.717) is 25.1 Å². The minimum absolute atomic E-state index is 0.186. The van der Waals surface area contributed by atoms with E-state index < -0.39 is 24.2 Å². The van der Waals surface area contributed by atoms with E-state index >= 15 is 0 Å². The second-order valence-corrected chi connectivity index (χ2v) is 7.42. The predicted molar refractivity (Wildman–Crippen MR) is 110 cm³/mol. The highest BCUT2D eigenvalue weighted by Crippen LogP contribution is 2.26. The molecule has 1 aliphatic rings. The van der Waals surface area contributed by atoms with Crippen LogP contribution in [0, 0.1) is 0 Å². The van der Waals surface area contributed by atoms with Gasteiger partial charge in [0.1, 0.15) is 6.10 Å². The highest BCUT2D eigenvalue weighted by molar-refractivity contribution is 5.89. The maximum Gasteiger partial charge on any atom is 0.338 e. The second kappa shape index (κ2) is 9.67. The largest absolute Gasteiger partial charge is 0.454 e. The molecule has 2 N–H and O–H groups in total. The lowest BCUT2D eigenvalue weighted by molar-refractivity contribution is -0.128. The summed E-state index contributed by atoms with van der Waals surface area (Å²) in [7, 11) is 0. The van der Waals surface area contributed by atoms with Gasteiger partial charge in [0.2, 0.25) is 5.91 Å². The third kappa shape index (κ3) is 5.22. The Balaban J connectivity index is 1.81. The molecule has 0 aromatic heterocycles. The standard InChI is InChI=1S/C23H28N2O4/c1-3-20-21(27)22(29-23(28)18-12-8-5-9-13-18)19(24-16(2)26)15-25(20)14-17-10-6-4-7-11-17/h4-13,19-22,27H,3,14-15H2,1-2H3,(H,24,26)/t19-,20+,21+,22+/m0/s1. The molecule has 6 nitrogen and oxygen atoms in total. The molecule has 0 bridgehead atoms. The Morgan fingerprint density at radius 2 is 1.72 bits per heavy atom. The van der Waals surface area contributed by atoms with Gasteiger partial charge in [0.15, 0.2) is 6.10 Å². The van der Waals surface area contributed by atoms with Crippen molar-refractivity contribution in [2.75, 3.05) is 6.54 Å². The second-order valence-electron chi connectivity index (χ2n) is 7.42. The number of carbonyl (C=O) groups is 2. The maximum absolute atomic E-state index is 12.6. The molecule has 1 saturated heterocycles. The molecule has 3 rings (SSSR count). The van der Waals surface area contributed by atoms with E-state index in [2.05, 4.69) is 10.2 Å². The summed E-state index contributed by atoms with van der Waals surface area (Å²) in [6.45, 7) is 4.55. The van der Waals surface area contributed by atoms with Crippen LogP contribution in [0.1, 0.15) is 36.2 Å². The molecule has 0 spiro atoms. The minimum atomic E-state index is -0.915. The fraction of sp³-hybridized carbons (Fsp3) is 0.391. The van der Waals surface area contributed by atoms with Gasteiger partial charge in [-0.2, -0.15) is 0 Å². The highest BCUT2D eigenvalue weighted by Gasteiger charge is 2.44. The van der Waals surface area contributed by atoms with Crippen molar-refractivity contribution in [1.29, 1.82) is 0 Å². The smallest absolute Gasteiger partial charge is 0.338 e. The first kappa shape index (κ1) is 21.0. The Bertz CT molecular complexity index is 812. The number of nitrogens with zero attached hydrogens (tertiary/aromatic N) is 1. The number of aliphatic hydroxyl groups is 1. The Morgan fingerprint density at radius 1 is 1.10 bits per heavy atom. The number of rotatable bonds is 6. The van der Waals surface area contributed by atoms with E-state index in [4.69, 9.17) is 4.74 Å². The normalized spacial score (nSPS) is 24.7. The topological polar surface area (TPSA) is 78.9 Å². The molecule has 2 aromatic rings. The van der Waals surface area contributed by atoms with Crippen molar-refractivity contribution in [3.63, 3.8) is 0 Å². The van der Waals surface area contributed by atoms with Crippen molar-refractivity contribution in [2.45, 2.75) is 51.1 Å². The summed E-state index contributed by atoms with van der Waals surface area (Å²) >= 11 is 0. The van der Waals surface area contributed by atoms with Crippen LogP contribution in [0.25, 0.3) is 0 Å². The molecule has 154 valence electrons. The van der Waals surface area contributed by atoms with Crippen LogP contribution in [0.5, 0.6) is 0 Å². The van der Waals surface area contributed by atoms with Gasteiger partial charge in [-0.15, -0.1) is 0 Å². The van der Waals surface area contributed by atoms with Gasteiger partial charge in [0, 0.05) is 26.1 Å². The number of esters is 1. The van der Waals surface area contributed by atoms with Gasteiger partial charge in [-0.25, -0.2) is 4.79 Å². The fourth-order valence-electron chi connectivity index (χ4n) is 3.97. The van der Waals surface area contributed by atoms with Crippen LogP contribution in [-0.2, 0) is 16.1 Å². The molecule has 0 aliphatic carbocycles. The first-order valence-corrected chi connectivity index (χ1v) is 9.98. The number of aliphatic hydroxyl groups excluding tert-OH is 1. The molecule has 0 unspecified atom stereocenters. The van der Waals surface area contributed by atoms with E-state index in [9.17, 15) is 14.7 Å². The first-order valence-electron chi connectivity index (χ1n) is 9.98. The molecular formula is C23H28N2O4. The van der Waals surface area contributed by atoms with E-state index in [0.717, 1.165) is 5.56 Å². The lowest BCUT2D eigenvalue weighted by Crippen LogP contribution is -2.66. The lowest BCUT2D eigenvalue weighted by Gasteiger charge is -2.46. The quantitative estimate of drug-likeness (QED) is 0.733. The Hall–Kier alpha value is -2.70. The SMILES string of the molecule is CC[C@@H]1[C@@H](O)[C@H](OC(=O)c2ccccc2)[C@@H](NC(C)=O)CN1Cc1ccccc1. The van der Waals surface area contributed by atoms with Crippen LogP contribution < -0.4 is 5.32 Å². The van der Waals surface area contributed by atoms with Crippen LogP contribution in [0.2, 0.25) is 0 Å². The predicted octanol–water partition coefficient (Wildman–Crippen LogP) is 2.37. The van der Waals surface area contributed by atoms with Crippen LogP contribution in [-0.4, -0.2) is 52.7 Å². The van der Waals surface area contributed by atoms with Gasteiger partial charge in [0.05, 0.1) is 11.6 Å². The number of ether oxygens (including phenoxy) is 1. The summed E-state index contributed by atoms with van der Waals surface area (Å²) in [6, 6.07) is 18.0. The van der Waals surface area contributed by atoms with Gasteiger partial charge in [-0.3, -0.25) is 9.69 Å².